The summed E-state index contributed by atoms with van der Waals surface area (Å²) in [4.78, 5) is 23.3. The monoisotopic (exact) mass is 458 g/mol. The molecule has 3 aromatic rings. The van der Waals surface area contributed by atoms with Crippen LogP contribution >= 0.6 is 15.9 Å². The van der Waals surface area contributed by atoms with Gasteiger partial charge in [-0.2, -0.15) is 5.10 Å². The number of nitrogens with one attached hydrogen (secondary N) is 1. The largest absolute Gasteiger partial charge is 0.457 e. The number of carbonyl (C=O) groups excluding carboxylic acids is 1. The molecule has 0 spiro atoms. The molecule has 29 heavy (non-hydrogen) atoms. The summed E-state index contributed by atoms with van der Waals surface area (Å²) in [5.41, 5.74) is 1.19. The lowest BCUT2D eigenvalue weighted by Gasteiger charge is -2.13. The molecule has 9 heteroatoms. The van der Waals surface area contributed by atoms with Gasteiger partial charge in [0.15, 0.2) is 0 Å². The van der Waals surface area contributed by atoms with Crippen molar-refractivity contribution in [2.24, 2.45) is 5.92 Å². The Morgan fingerprint density at radius 2 is 2.00 bits per heavy atom. The van der Waals surface area contributed by atoms with Gasteiger partial charge in [0, 0.05) is 18.3 Å². The van der Waals surface area contributed by atoms with Gasteiger partial charge in [-0.25, -0.2) is 0 Å². The average molecular weight is 459 g/mol. The van der Waals surface area contributed by atoms with Crippen LogP contribution in [-0.2, 0) is 11.3 Å². The summed E-state index contributed by atoms with van der Waals surface area (Å²) in [7, 11) is 0. The number of ether oxygens (including phenoxy) is 1. The molecule has 0 bridgehead atoms. The Bertz CT molecular complexity index is 1030. The predicted octanol–water partition coefficient (Wildman–Crippen LogP) is 4.93. The molecule has 8 nitrogen and oxygen atoms in total. The number of rotatable bonds is 7. The first kappa shape index (κ1) is 20.5. The smallest absolute Gasteiger partial charge is 0.275 e. The van der Waals surface area contributed by atoms with Gasteiger partial charge in [-0.1, -0.05) is 24.6 Å². The highest BCUT2D eigenvalue weighted by Crippen LogP contribution is 2.30. The molecule has 1 aromatic heterocycles. The van der Waals surface area contributed by atoms with E-state index in [1.54, 1.807) is 42.2 Å². The molecule has 150 valence electrons. The number of nitrogens with zero attached hydrogens (tertiary/aromatic N) is 3. The van der Waals surface area contributed by atoms with Gasteiger partial charge in [0.1, 0.15) is 11.5 Å². The quantitative estimate of drug-likeness (QED) is 0.399. The van der Waals surface area contributed by atoms with Crippen LogP contribution in [0.15, 0.2) is 59.3 Å². The van der Waals surface area contributed by atoms with Crippen molar-refractivity contribution < 1.29 is 14.5 Å². The van der Waals surface area contributed by atoms with Gasteiger partial charge in [-0.3, -0.25) is 19.6 Å². The lowest BCUT2D eigenvalue weighted by atomic mass is 10.1. The lowest BCUT2D eigenvalue weighted by Crippen LogP contribution is -2.24. The van der Waals surface area contributed by atoms with Gasteiger partial charge in [-0.15, -0.1) is 0 Å². The van der Waals surface area contributed by atoms with Gasteiger partial charge in [0.2, 0.25) is 5.91 Å². The van der Waals surface area contributed by atoms with Crippen molar-refractivity contribution in [3.8, 4) is 11.5 Å². The van der Waals surface area contributed by atoms with Crippen LogP contribution < -0.4 is 10.1 Å². The van der Waals surface area contributed by atoms with Gasteiger partial charge in [-0.05, 0) is 35.0 Å². The van der Waals surface area contributed by atoms with E-state index in [1.165, 1.54) is 12.1 Å². The lowest BCUT2D eigenvalue weighted by molar-refractivity contribution is -0.384. The maximum absolute atomic E-state index is 12.5. The third kappa shape index (κ3) is 5.64. The molecule has 1 N–H and O–H groups in total. The second-order valence-corrected chi connectivity index (χ2v) is 7.57. The van der Waals surface area contributed by atoms with E-state index >= 15 is 0 Å². The number of anilines is 1. The minimum atomic E-state index is -0.525. The Morgan fingerprint density at radius 1 is 1.28 bits per heavy atom. The molecule has 1 heterocycles. The standard InChI is InChI=1S/C20H19BrN4O4/c1-13-3-5-18(6-4-13)29-19-8-16(7-17(9-19)25(27)28)23-20(26)14(2)11-24-12-15(21)10-22-24/h3-10,12,14H,11H2,1-2H3,(H,23,26). The third-order valence-corrected chi connectivity index (χ3v) is 4.55. The number of aryl methyl sites for hydroxylation is 1. The number of hydrogen-bond donors (Lipinski definition) is 1. The Balaban J connectivity index is 1.76. The van der Waals surface area contributed by atoms with E-state index < -0.39 is 10.8 Å². The minimum Gasteiger partial charge on any atom is -0.457 e. The van der Waals surface area contributed by atoms with Crippen molar-refractivity contribution in [2.75, 3.05) is 5.32 Å². The second-order valence-electron chi connectivity index (χ2n) is 6.66. The molecule has 1 atom stereocenters. The molecule has 3 rings (SSSR count). The SMILES string of the molecule is Cc1ccc(Oc2cc(NC(=O)C(C)Cn3cc(Br)cn3)cc([N+](=O)[O-])c2)cc1. The van der Waals surface area contributed by atoms with Crippen molar-refractivity contribution >= 4 is 33.2 Å². The van der Waals surface area contributed by atoms with Gasteiger partial charge < -0.3 is 10.1 Å². The molecule has 0 saturated carbocycles. The zero-order valence-corrected chi connectivity index (χ0v) is 17.4. The number of nitro groups is 1. The topological polar surface area (TPSA) is 99.3 Å². The van der Waals surface area contributed by atoms with Crippen LogP contribution in [0.5, 0.6) is 11.5 Å². The normalized spacial score (nSPS) is 11.7. The molecule has 1 amide bonds. The number of non-ortho nitro benzene ring substituents is 1. The van der Waals surface area contributed by atoms with Crippen LogP contribution in [-0.4, -0.2) is 20.6 Å². The number of nitro benzene ring substituents is 1. The summed E-state index contributed by atoms with van der Waals surface area (Å²) in [6, 6.07) is 11.5. The van der Waals surface area contributed by atoms with E-state index in [2.05, 4.69) is 26.3 Å². The molecular formula is C20H19BrN4O4. The van der Waals surface area contributed by atoms with Gasteiger partial charge in [0.05, 0.1) is 39.8 Å². The molecular weight excluding hydrogens is 440 g/mol. The first-order valence-corrected chi connectivity index (χ1v) is 9.62. The molecule has 0 fully saturated rings. The van der Waals surface area contributed by atoms with Crippen LogP contribution in [0.3, 0.4) is 0 Å². The predicted molar refractivity (Wildman–Crippen MR) is 112 cm³/mol. The number of benzene rings is 2. The highest BCUT2D eigenvalue weighted by atomic mass is 79.9. The summed E-state index contributed by atoms with van der Waals surface area (Å²) in [6.07, 6.45) is 3.41. The third-order valence-electron chi connectivity index (χ3n) is 4.14. The minimum absolute atomic E-state index is 0.173. The van der Waals surface area contributed by atoms with Crippen molar-refractivity contribution in [2.45, 2.75) is 20.4 Å². The summed E-state index contributed by atoms with van der Waals surface area (Å²) in [5.74, 6) is 0.133. The van der Waals surface area contributed by atoms with E-state index in [0.717, 1.165) is 10.0 Å². The van der Waals surface area contributed by atoms with Crippen molar-refractivity contribution in [3.63, 3.8) is 0 Å². The Morgan fingerprint density at radius 3 is 2.62 bits per heavy atom. The number of aromatic nitrogens is 2. The number of amides is 1. The Kier molecular flexibility index (Phi) is 6.28. The maximum atomic E-state index is 12.5. The fourth-order valence-corrected chi connectivity index (χ4v) is 2.96. The van der Waals surface area contributed by atoms with E-state index in [1.807, 2.05) is 19.1 Å². The number of hydrogen-bond acceptors (Lipinski definition) is 5. The summed E-state index contributed by atoms with van der Waals surface area (Å²) < 4.78 is 8.20. The molecule has 0 aliphatic heterocycles. The number of halogens is 1. The highest BCUT2D eigenvalue weighted by Gasteiger charge is 2.17. The van der Waals surface area contributed by atoms with E-state index in [4.69, 9.17) is 4.74 Å². The molecule has 0 aliphatic carbocycles. The van der Waals surface area contributed by atoms with Crippen molar-refractivity contribution in [3.05, 3.63) is 75.0 Å². The van der Waals surface area contributed by atoms with Crippen LogP contribution in [0.4, 0.5) is 11.4 Å². The molecule has 0 aliphatic rings. The van der Waals surface area contributed by atoms with Crippen molar-refractivity contribution in [1.29, 1.82) is 0 Å². The Hall–Kier alpha value is -3.20. The first-order chi connectivity index (χ1) is 13.8. The first-order valence-electron chi connectivity index (χ1n) is 8.83. The highest BCUT2D eigenvalue weighted by molar-refractivity contribution is 9.10. The van der Waals surface area contributed by atoms with Gasteiger partial charge >= 0.3 is 0 Å². The van der Waals surface area contributed by atoms with Crippen LogP contribution in [0.1, 0.15) is 12.5 Å². The van der Waals surface area contributed by atoms with E-state index in [9.17, 15) is 14.9 Å². The van der Waals surface area contributed by atoms with Crippen molar-refractivity contribution in [1.82, 2.24) is 9.78 Å². The maximum Gasteiger partial charge on any atom is 0.275 e. The Labute approximate surface area is 175 Å². The van der Waals surface area contributed by atoms with Crippen LogP contribution in [0.2, 0.25) is 0 Å². The summed E-state index contributed by atoms with van der Waals surface area (Å²) >= 11 is 3.31. The average Bonchev–Trinajstić information content (AvgIpc) is 3.08. The molecule has 1 unspecified atom stereocenters. The second kappa shape index (κ2) is 8.87. The van der Waals surface area contributed by atoms with Crippen LogP contribution in [0.25, 0.3) is 0 Å². The zero-order valence-electron chi connectivity index (χ0n) is 15.8. The summed E-state index contributed by atoms with van der Waals surface area (Å²) in [6.45, 7) is 4.08. The zero-order chi connectivity index (χ0) is 21.0. The fraction of sp³-hybridized carbons (Fsp3) is 0.200. The molecule has 2 aromatic carbocycles. The summed E-state index contributed by atoms with van der Waals surface area (Å²) in [5, 5.41) is 18.1. The van der Waals surface area contributed by atoms with Crippen LogP contribution in [0, 0.1) is 23.0 Å². The van der Waals surface area contributed by atoms with E-state index in [-0.39, 0.29) is 17.3 Å². The molecule has 0 saturated heterocycles. The fourth-order valence-electron chi connectivity index (χ4n) is 2.63. The van der Waals surface area contributed by atoms with Gasteiger partial charge in [0.25, 0.3) is 5.69 Å². The van der Waals surface area contributed by atoms with E-state index in [0.29, 0.717) is 18.0 Å². The number of carbonyl (C=O) groups is 1. The molecule has 0 radical (unpaired) electrons.